The monoisotopic (exact) mass is 308 g/mol. The van der Waals surface area contributed by atoms with Gasteiger partial charge >= 0.3 is 5.97 Å². The van der Waals surface area contributed by atoms with E-state index in [1.165, 1.54) is 19.0 Å². The normalized spacial score (nSPS) is 14.7. The minimum absolute atomic E-state index is 0.147. The van der Waals surface area contributed by atoms with Crippen molar-refractivity contribution in [2.24, 2.45) is 0 Å². The van der Waals surface area contributed by atoms with Crippen molar-refractivity contribution in [2.45, 2.75) is 31.8 Å². The van der Waals surface area contributed by atoms with Crippen LogP contribution in [-0.4, -0.2) is 47.8 Å². The molecule has 7 heteroatoms. The summed E-state index contributed by atoms with van der Waals surface area (Å²) in [7, 11) is 0. The van der Waals surface area contributed by atoms with Crippen LogP contribution in [-0.2, 0) is 9.53 Å². The van der Waals surface area contributed by atoms with Gasteiger partial charge in [0.1, 0.15) is 12.7 Å². The summed E-state index contributed by atoms with van der Waals surface area (Å²) in [6.07, 6.45) is 6.20. The lowest BCUT2D eigenvalue weighted by molar-refractivity contribution is -0.142. The molecule has 2 N–H and O–H groups in total. The van der Waals surface area contributed by atoms with Gasteiger partial charge < -0.3 is 19.9 Å². The molecule has 0 unspecified atom stereocenters. The zero-order valence-corrected chi connectivity index (χ0v) is 12.3. The molecule has 1 saturated carbocycles. The summed E-state index contributed by atoms with van der Waals surface area (Å²) >= 11 is 0. The molecule has 2 rings (SSSR count). The lowest BCUT2D eigenvalue weighted by Crippen LogP contribution is -2.28. The first-order chi connectivity index (χ1) is 10.6. The number of hydrogen-bond donors (Lipinski definition) is 2. The Hall–Kier alpha value is -2.15. The van der Waals surface area contributed by atoms with Gasteiger partial charge in [-0.3, -0.25) is 4.79 Å². The summed E-state index contributed by atoms with van der Waals surface area (Å²) in [5.41, 5.74) is 0.428. The van der Waals surface area contributed by atoms with E-state index in [1.807, 2.05) is 0 Å². The molecule has 0 spiro atoms. The van der Waals surface area contributed by atoms with Gasteiger partial charge in [0.25, 0.3) is 5.91 Å². The maximum Gasteiger partial charge on any atom is 0.329 e. The molecule has 22 heavy (non-hydrogen) atoms. The van der Waals surface area contributed by atoms with Gasteiger partial charge in [-0.2, -0.15) is 0 Å². The van der Waals surface area contributed by atoms with Crippen LogP contribution in [0.5, 0.6) is 5.88 Å². The quantitative estimate of drug-likeness (QED) is 0.701. The molecule has 0 saturated heterocycles. The van der Waals surface area contributed by atoms with Crippen molar-refractivity contribution < 1.29 is 24.2 Å². The maximum atomic E-state index is 11.8. The molecule has 1 aromatic rings. The third-order valence-corrected chi connectivity index (χ3v) is 3.35. The highest BCUT2D eigenvalue weighted by molar-refractivity contribution is 5.93. The van der Waals surface area contributed by atoms with E-state index >= 15 is 0 Å². The molecular formula is C15H20N2O5. The molecule has 0 aliphatic heterocycles. The van der Waals surface area contributed by atoms with Crippen molar-refractivity contribution in [1.82, 2.24) is 10.3 Å². The maximum absolute atomic E-state index is 11.8. The lowest BCUT2D eigenvalue weighted by atomic mass is 10.2. The van der Waals surface area contributed by atoms with Crippen molar-refractivity contribution in [1.29, 1.82) is 0 Å². The number of carboxylic acids is 1. The highest BCUT2D eigenvalue weighted by Gasteiger charge is 2.17. The summed E-state index contributed by atoms with van der Waals surface area (Å²) in [4.78, 5) is 26.2. The van der Waals surface area contributed by atoms with Gasteiger partial charge in [-0.25, -0.2) is 9.78 Å². The van der Waals surface area contributed by atoms with Gasteiger partial charge in [0.2, 0.25) is 5.88 Å². The van der Waals surface area contributed by atoms with Crippen molar-refractivity contribution in [3.05, 3.63) is 23.9 Å². The number of carboxylic acid groups (broad SMARTS) is 1. The molecule has 0 aromatic carbocycles. The van der Waals surface area contributed by atoms with E-state index in [9.17, 15) is 9.59 Å². The fourth-order valence-corrected chi connectivity index (χ4v) is 2.26. The minimum atomic E-state index is -1.03. The van der Waals surface area contributed by atoms with Crippen molar-refractivity contribution in [3.63, 3.8) is 0 Å². The number of ether oxygens (including phenoxy) is 2. The second-order valence-corrected chi connectivity index (χ2v) is 5.11. The highest BCUT2D eigenvalue weighted by atomic mass is 16.5. The summed E-state index contributed by atoms with van der Waals surface area (Å²) in [6, 6.07) is 3.35. The smallest absolute Gasteiger partial charge is 0.329 e. The van der Waals surface area contributed by atoms with Crippen LogP contribution in [0.15, 0.2) is 18.3 Å². The van der Waals surface area contributed by atoms with E-state index in [0.717, 1.165) is 12.8 Å². The number of nitrogens with zero attached hydrogens (tertiary/aromatic N) is 1. The SMILES string of the molecule is O=C(O)COCCNC(=O)c1ccc(OC2CCCC2)nc1. The number of carbonyl (C=O) groups is 2. The zero-order valence-electron chi connectivity index (χ0n) is 12.3. The molecule has 1 aliphatic carbocycles. The third kappa shape index (κ3) is 5.33. The largest absolute Gasteiger partial charge is 0.480 e. The Balaban J connectivity index is 1.72. The second kappa shape index (κ2) is 8.33. The van der Waals surface area contributed by atoms with Crippen LogP contribution in [0.2, 0.25) is 0 Å². The van der Waals surface area contributed by atoms with E-state index in [4.69, 9.17) is 14.6 Å². The van der Waals surface area contributed by atoms with E-state index < -0.39 is 5.97 Å². The summed E-state index contributed by atoms with van der Waals surface area (Å²) in [5, 5.41) is 11.0. The van der Waals surface area contributed by atoms with E-state index in [2.05, 4.69) is 10.3 Å². The van der Waals surface area contributed by atoms with Crippen molar-refractivity contribution in [3.8, 4) is 5.88 Å². The second-order valence-electron chi connectivity index (χ2n) is 5.11. The van der Waals surface area contributed by atoms with Crippen LogP contribution in [0.4, 0.5) is 0 Å². The Bertz CT molecular complexity index is 497. The number of aromatic nitrogens is 1. The van der Waals surface area contributed by atoms with E-state index in [0.29, 0.717) is 11.4 Å². The fourth-order valence-electron chi connectivity index (χ4n) is 2.26. The molecule has 0 atom stereocenters. The predicted molar refractivity (Wildman–Crippen MR) is 77.9 cm³/mol. The lowest BCUT2D eigenvalue weighted by Gasteiger charge is -2.12. The number of hydrogen-bond acceptors (Lipinski definition) is 5. The molecular weight excluding hydrogens is 288 g/mol. The number of aliphatic carboxylic acids is 1. The summed E-state index contributed by atoms with van der Waals surface area (Å²) in [5.74, 6) is -0.777. The molecule has 0 radical (unpaired) electrons. The number of rotatable bonds is 8. The van der Waals surface area contributed by atoms with E-state index in [1.54, 1.807) is 12.1 Å². The Morgan fingerprint density at radius 3 is 2.73 bits per heavy atom. The van der Waals surface area contributed by atoms with Crippen LogP contribution in [0.3, 0.4) is 0 Å². The minimum Gasteiger partial charge on any atom is -0.480 e. The Morgan fingerprint density at radius 2 is 2.09 bits per heavy atom. The molecule has 1 amide bonds. The first-order valence-corrected chi connectivity index (χ1v) is 7.35. The van der Waals surface area contributed by atoms with Gasteiger partial charge in [-0.1, -0.05) is 0 Å². The van der Waals surface area contributed by atoms with Gasteiger partial charge in [-0.05, 0) is 31.7 Å². The third-order valence-electron chi connectivity index (χ3n) is 3.35. The number of amides is 1. The van der Waals surface area contributed by atoms with Gasteiger partial charge in [-0.15, -0.1) is 0 Å². The fraction of sp³-hybridized carbons (Fsp3) is 0.533. The average Bonchev–Trinajstić information content (AvgIpc) is 3.00. The highest BCUT2D eigenvalue weighted by Crippen LogP contribution is 2.22. The van der Waals surface area contributed by atoms with E-state index in [-0.39, 0.29) is 31.8 Å². The van der Waals surface area contributed by atoms with Gasteiger partial charge in [0.05, 0.1) is 12.2 Å². The van der Waals surface area contributed by atoms with Crippen LogP contribution >= 0.6 is 0 Å². The molecule has 1 heterocycles. The van der Waals surface area contributed by atoms with Gasteiger partial charge in [0.15, 0.2) is 0 Å². The van der Waals surface area contributed by atoms with Crippen LogP contribution in [0.25, 0.3) is 0 Å². The first kappa shape index (κ1) is 16.2. The Kier molecular flexibility index (Phi) is 6.14. The van der Waals surface area contributed by atoms with Crippen LogP contribution in [0.1, 0.15) is 36.0 Å². The first-order valence-electron chi connectivity index (χ1n) is 7.35. The molecule has 1 fully saturated rings. The molecule has 7 nitrogen and oxygen atoms in total. The summed E-state index contributed by atoms with van der Waals surface area (Å²) < 4.78 is 10.6. The molecule has 120 valence electrons. The zero-order chi connectivity index (χ0) is 15.8. The molecule has 0 bridgehead atoms. The van der Waals surface area contributed by atoms with Crippen LogP contribution < -0.4 is 10.1 Å². The molecule has 1 aromatic heterocycles. The van der Waals surface area contributed by atoms with Crippen molar-refractivity contribution >= 4 is 11.9 Å². The predicted octanol–water partition coefficient (Wildman–Crippen LogP) is 1.23. The van der Waals surface area contributed by atoms with Crippen molar-refractivity contribution in [2.75, 3.05) is 19.8 Å². The number of carbonyl (C=O) groups excluding carboxylic acids is 1. The standard InChI is InChI=1S/C15H20N2O5/c18-14(19)10-21-8-7-16-15(20)11-5-6-13(17-9-11)22-12-3-1-2-4-12/h5-6,9,12H,1-4,7-8,10H2,(H,16,20)(H,18,19). The van der Waals surface area contributed by atoms with Gasteiger partial charge in [0, 0.05) is 18.8 Å². The van der Waals surface area contributed by atoms with Crippen LogP contribution in [0, 0.1) is 0 Å². The topological polar surface area (TPSA) is 97.8 Å². The molecule has 1 aliphatic rings. The number of pyridine rings is 1. The Morgan fingerprint density at radius 1 is 1.32 bits per heavy atom. The average molecular weight is 308 g/mol. The Labute approximate surface area is 128 Å². The number of nitrogens with one attached hydrogen (secondary N) is 1. The summed E-state index contributed by atoms with van der Waals surface area (Å²) in [6.45, 7) is 0.0193.